The SMILES string of the molecule is CC(C)Oc1ccc(C(O)CNC(=O)Cc2c(F)cccc2F)cc1. The molecule has 0 aliphatic heterocycles. The van der Waals surface area contributed by atoms with Gasteiger partial charge in [-0.15, -0.1) is 0 Å². The van der Waals surface area contributed by atoms with Crippen LogP contribution in [0.4, 0.5) is 8.78 Å². The molecule has 0 aliphatic carbocycles. The molecule has 0 heterocycles. The summed E-state index contributed by atoms with van der Waals surface area (Å²) in [7, 11) is 0. The van der Waals surface area contributed by atoms with Crippen LogP contribution < -0.4 is 10.1 Å². The largest absolute Gasteiger partial charge is 0.491 e. The van der Waals surface area contributed by atoms with Crippen molar-refractivity contribution in [3.63, 3.8) is 0 Å². The Hall–Kier alpha value is -2.47. The predicted molar refractivity (Wildman–Crippen MR) is 90.2 cm³/mol. The van der Waals surface area contributed by atoms with Gasteiger partial charge >= 0.3 is 0 Å². The first kappa shape index (κ1) is 18.9. The Morgan fingerprint density at radius 1 is 1.12 bits per heavy atom. The molecule has 0 saturated carbocycles. The number of aliphatic hydroxyl groups is 1. The van der Waals surface area contributed by atoms with Gasteiger partial charge in [-0.1, -0.05) is 18.2 Å². The van der Waals surface area contributed by atoms with Crippen molar-refractivity contribution in [3.8, 4) is 5.75 Å². The number of nitrogens with one attached hydrogen (secondary N) is 1. The maximum Gasteiger partial charge on any atom is 0.224 e. The van der Waals surface area contributed by atoms with E-state index in [1.54, 1.807) is 24.3 Å². The van der Waals surface area contributed by atoms with Gasteiger partial charge in [0, 0.05) is 12.1 Å². The van der Waals surface area contributed by atoms with Gasteiger partial charge in [0.1, 0.15) is 17.4 Å². The summed E-state index contributed by atoms with van der Waals surface area (Å²) >= 11 is 0. The summed E-state index contributed by atoms with van der Waals surface area (Å²) in [4.78, 5) is 11.9. The van der Waals surface area contributed by atoms with Crippen molar-refractivity contribution in [1.82, 2.24) is 5.32 Å². The van der Waals surface area contributed by atoms with Gasteiger partial charge < -0.3 is 15.2 Å². The summed E-state index contributed by atoms with van der Waals surface area (Å²) in [5, 5.41) is 12.6. The number of hydrogen-bond donors (Lipinski definition) is 2. The van der Waals surface area contributed by atoms with Crippen LogP contribution in [0.3, 0.4) is 0 Å². The minimum atomic E-state index is -0.928. The van der Waals surface area contributed by atoms with Crippen LogP contribution in [-0.2, 0) is 11.2 Å². The van der Waals surface area contributed by atoms with Crippen LogP contribution in [0.5, 0.6) is 5.75 Å². The fourth-order valence-corrected chi connectivity index (χ4v) is 2.29. The van der Waals surface area contributed by atoms with Crippen molar-refractivity contribution >= 4 is 5.91 Å². The zero-order valence-electron chi connectivity index (χ0n) is 14.1. The van der Waals surface area contributed by atoms with Gasteiger partial charge in [0.2, 0.25) is 5.91 Å². The van der Waals surface area contributed by atoms with Crippen molar-refractivity contribution in [2.45, 2.75) is 32.5 Å². The highest BCUT2D eigenvalue weighted by atomic mass is 19.1. The lowest BCUT2D eigenvalue weighted by Crippen LogP contribution is -2.30. The summed E-state index contributed by atoms with van der Waals surface area (Å²) < 4.78 is 32.6. The number of hydrogen-bond acceptors (Lipinski definition) is 3. The van der Waals surface area contributed by atoms with Gasteiger partial charge in [-0.05, 0) is 43.7 Å². The summed E-state index contributed by atoms with van der Waals surface area (Å²) in [6, 6.07) is 10.3. The van der Waals surface area contributed by atoms with E-state index in [1.807, 2.05) is 13.8 Å². The second-order valence-corrected chi connectivity index (χ2v) is 5.93. The van der Waals surface area contributed by atoms with Crippen LogP contribution in [0.1, 0.15) is 31.1 Å². The van der Waals surface area contributed by atoms with Crippen LogP contribution in [-0.4, -0.2) is 23.7 Å². The summed E-state index contributed by atoms with van der Waals surface area (Å²) in [6.07, 6.45) is -1.30. The number of benzene rings is 2. The molecule has 0 radical (unpaired) electrons. The third-order valence-corrected chi connectivity index (χ3v) is 3.53. The van der Waals surface area contributed by atoms with Crippen molar-refractivity contribution in [2.75, 3.05) is 6.54 Å². The second-order valence-electron chi connectivity index (χ2n) is 5.93. The molecule has 6 heteroatoms. The van der Waals surface area contributed by atoms with Crippen molar-refractivity contribution in [1.29, 1.82) is 0 Å². The molecule has 0 aromatic heterocycles. The third kappa shape index (κ3) is 5.53. The average molecular weight is 349 g/mol. The summed E-state index contributed by atoms with van der Waals surface area (Å²) in [5.74, 6) is -1.42. The molecule has 0 bridgehead atoms. The van der Waals surface area contributed by atoms with E-state index in [-0.39, 0.29) is 18.2 Å². The molecule has 25 heavy (non-hydrogen) atoms. The first-order chi connectivity index (χ1) is 11.9. The van der Waals surface area contributed by atoms with Gasteiger partial charge in [-0.2, -0.15) is 0 Å². The van der Waals surface area contributed by atoms with E-state index in [1.165, 1.54) is 6.07 Å². The van der Waals surface area contributed by atoms with Gasteiger partial charge in [0.25, 0.3) is 0 Å². The zero-order valence-corrected chi connectivity index (χ0v) is 14.1. The number of carbonyl (C=O) groups excluding carboxylic acids is 1. The lowest BCUT2D eigenvalue weighted by atomic mass is 10.1. The molecule has 134 valence electrons. The van der Waals surface area contributed by atoms with Crippen molar-refractivity contribution in [2.24, 2.45) is 0 Å². The molecular weight excluding hydrogens is 328 g/mol. The number of ether oxygens (including phenoxy) is 1. The molecule has 1 atom stereocenters. The Kier molecular flexibility index (Phi) is 6.47. The molecule has 2 N–H and O–H groups in total. The predicted octanol–water partition coefficient (Wildman–Crippen LogP) is 3.14. The second kappa shape index (κ2) is 8.58. The van der Waals surface area contributed by atoms with Crippen LogP contribution in [0.15, 0.2) is 42.5 Å². The maximum absolute atomic E-state index is 13.5. The standard InChI is InChI=1S/C19H21F2NO3/c1-12(2)25-14-8-6-13(7-9-14)18(23)11-22-19(24)10-15-16(20)4-3-5-17(15)21/h3-9,12,18,23H,10-11H2,1-2H3,(H,22,24). The van der Waals surface area contributed by atoms with Crippen LogP contribution in [0.25, 0.3) is 0 Å². The van der Waals surface area contributed by atoms with E-state index in [0.717, 1.165) is 12.1 Å². The molecule has 0 saturated heterocycles. The van der Waals surface area contributed by atoms with Gasteiger partial charge in [0.15, 0.2) is 0 Å². The van der Waals surface area contributed by atoms with E-state index in [2.05, 4.69) is 5.32 Å². The Morgan fingerprint density at radius 2 is 1.72 bits per heavy atom. The molecule has 2 aromatic carbocycles. The fraction of sp³-hybridized carbons (Fsp3) is 0.316. The molecule has 1 unspecified atom stereocenters. The Bertz CT molecular complexity index is 697. The van der Waals surface area contributed by atoms with E-state index >= 15 is 0 Å². The molecule has 0 aliphatic rings. The Morgan fingerprint density at radius 3 is 2.28 bits per heavy atom. The van der Waals surface area contributed by atoms with Crippen LogP contribution in [0.2, 0.25) is 0 Å². The summed E-state index contributed by atoms with van der Waals surface area (Å²) in [5.41, 5.74) is 0.318. The zero-order chi connectivity index (χ0) is 18.4. The molecule has 2 rings (SSSR count). The molecule has 0 fully saturated rings. The normalized spacial score (nSPS) is 12.1. The van der Waals surface area contributed by atoms with Gasteiger partial charge in [-0.25, -0.2) is 8.78 Å². The Labute approximate surface area is 145 Å². The first-order valence-corrected chi connectivity index (χ1v) is 8.01. The number of rotatable bonds is 7. The highest BCUT2D eigenvalue weighted by Crippen LogP contribution is 2.18. The van der Waals surface area contributed by atoms with E-state index in [4.69, 9.17) is 4.74 Å². The van der Waals surface area contributed by atoms with E-state index in [0.29, 0.717) is 11.3 Å². The smallest absolute Gasteiger partial charge is 0.224 e. The fourth-order valence-electron chi connectivity index (χ4n) is 2.29. The van der Waals surface area contributed by atoms with Gasteiger partial charge in [0.05, 0.1) is 18.6 Å². The molecular formula is C19H21F2NO3. The van der Waals surface area contributed by atoms with Crippen LogP contribution in [0, 0.1) is 11.6 Å². The molecule has 1 amide bonds. The molecule has 4 nitrogen and oxygen atoms in total. The quantitative estimate of drug-likeness (QED) is 0.807. The van der Waals surface area contributed by atoms with Crippen molar-refractivity contribution < 1.29 is 23.4 Å². The lowest BCUT2D eigenvalue weighted by molar-refractivity contribution is -0.121. The molecule has 2 aromatic rings. The first-order valence-electron chi connectivity index (χ1n) is 8.01. The number of amides is 1. The van der Waals surface area contributed by atoms with E-state index < -0.39 is 30.1 Å². The highest BCUT2D eigenvalue weighted by molar-refractivity contribution is 5.78. The number of halogens is 2. The number of carbonyl (C=O) groups is 1. The maximum atomic E-state index is 13.5. The molecule has 0 spiro atoms. The monoisotopic (exact) mass is 349 g/mol. The summed E-state index contributed by atoms with van der Waals surface area (Å²) in [6.45, 7) is 3.77. The Balaban J connectivity index is 1.88. The minimum Gasteiger partial charge on any atom is -0.491 e. The topological polar surface area (TPSA) is 58.6 Å². The van der Waals surface area contributed by atoms with Crippen molar-refractivity contribution in [3.05, 3.63) is 65.2 Å². The van der Waals surface area contributed by atoms with Crippen LogP contribution >= 0.6 is 0 Å². The van der Waals surface area contributed by atoms with Gasteiger partial charge in [-0.3, -0.25) is 4.79 Å². The minimum absolute atomic E-state index is 0.0499. The highest BCUT2D eigenvalue weighted by Gasteiger charge is 2.15. The third-order valence-electron chi connectivity index (χ3n) is 3.53. The number of aliphatic hydroxyl groups excluding tert-OH is 1. The lowest BCUT2D eigenvalue weighted by Gasteiger charge is -2.14. The van der Waals surface area contributed by atoms with E-state index in [9.17, 15) is 18.7 Å². The average Bonchev–Trinajstić information content (AvgIpc) is 2.56.